The standard InChI is InChI=1S/C20H20N4O3S2/c1-13(25)14-6-8-15(9-7-14)21-18(26)10-11-28-20-24-23-19(29-20)22-16-4-3-5-17(12-16)27-2/h3-9,12H,10-11H2,1-2H3,(H,21,26)(H,22,23). The highest BCUT2D eigenvalue weighted by Gasteiger charge is 2.08. The van der Waals surface area contributed by atoms with E-state index in [2.05, 4.69) is 20.8 Å². The first kappa shape index (κ1) is 20.8. The fraction of sp³-hybridized carbons (Fsp3) is 0.200. The van der Waals surface area contributed by atoms with Crippen LogP contribution in [0.5, 0.6) is 5.75 Å². The summed E-state index contributed by atoms with van der Waals surface area (Å²) in [6, 6.07) is 14.4. The Kier molecular flexibility index (Phi) is 7.20. The highest BCUT2D eigenvalue weighted by molar-refractivity contribution is 8.01. The molecule has 1 heterocycles. The number of Topliss-reactive ketones (excluding diaryl/α,β-unsaturated/α-hetero) is 1. The van der Waals surface area contributed by atoms with E-state index in [4.69, 9.17) is 4.74 Å². The zero-order valence-electron chi connectivity index (χ0n) is 16.0. The topological polar surface area (TPSA) is 93.2 Å². The van der Waals surface area contributed by atoms with Crippen LogP contribution in [-0.4, -0.2) is 34.8 Å². The summed E-state index contributed by atoms with van der Waals surface area (Å²) in [4.78, 5) is 23.4. The fourth-order valence-electron chi connectivity index (χ4n) is 2.39. The Hall–Kier alpha value is -2.91. The molecule has 9 heteroatoms. The van der Waals surface area contributed by atoms with Crippen LogP contribution in [0.4, 0.5) is 16.5 Å². The number of nitrogens with one attached hydrogen (secondary N) is 2. The predicted octanol–water partition coefficient (Wildman–Crippen LogP) is 4.61. The second-order valence-electron chi connectivity index (χ2n) is 6.01. The molecule has 0 bridgehead atoms. The second-order valence-corrected chi connectivity index (χ2v) is 8.33. The number of anilines is 3. The van der Waals surface area contributed by atoms with Gasteiger partial charge in [0.15, 0.2) is 10.1 Å². The summed E-state index contributed by atoms with van der Waals surface area (Å²) in [5.74, 6) is 1.26. The minimum absolute atomic E-state index is 0.00315. The van der Waals surface area contributed by atoms with Crippen molar-refractivity contribution in [1.29, 1.82) is 0 Å². The number of aromatic nitrogens is 2. The lowest BCUT2D eigenvalue weighted by atomic mass is 10.1. The monoisotopic (exact) mass is 428 g/mol. The first-order valence-electron chi connectivity index (χ1n) is 8.82. The van der Waals surface area contributed by atoms with E-state index in [1.807, 2.05) is 24.3 Å². The third kappa shape index (κ3) is 6.30. The van der Waals surface area contributed by atoms with Crippen molar-refractivity contribution in [3.05, 3.63) is 54.1 Å². The molecule has 150 valence electrons. The number of nitrogens with zero attached hydrogens (tertiary/aromatic N) is 2. The molecule has 0 spiro atoms. The summed E-state index contributed by atoms with van der Waals surface area (Å²) in [5, 5.41) is 14.9. The Morgan fingerprint density at radius 2 is 1.90 bits per heavy atom. The Bertz CT molecular complexity index is 989. The number of hydrogen-bond donors (Lipinski definition) is 2. The Labute approximate surface area is 176 Å². The van der Waals surface area contributed by atoms with Crippen LogP contribution in [0.1, 0.15) is 23.7 Å². The molecule has 7 nitrogen and oxygen atoms in total. The SMILES string of the molecule is COc1cccc(Nc2nnc(SCCC(=O)Nc3ccc(C(C)=O)cc3)s2)c1. The van der Waals surface area contributed by atoms with Crippen LogP contribution in [0.25, 0.3) is 0 Å². The third-order valence-electron chi connectivity index (χ3n) is 3.86. The zero-order valence-corrected chi connectivity index (χ0v) is 17.6. The largest absolute Gasteiger partial charge is 0.497 e. The van der Waals surface area contributed by atoms with Crippen molar-refractivity contribution in [2.24, 2.45) is 0 Å². The molecule has 0 aliphatic rings. The number of methoxy groups -OCH3 is 1. The van der Waals surface area contributed by atoms with Gasteiger partial charge in [-0.15, -0.1) is 10.2 Å². The summed E-state index contributed by atoms with van der Waals surface area (Å²) in [6.45, 7) is 1.51. The summed E-state index contributed by atoms with van der Waals surface area (Å²) in [5.41, 5.74) is 2.16. The zero-order chi connectivity index (χ0) is 20.6. The maximum absolute atomic E-state index is 12.1. The molecule has 0 atom stereocenters. The van der Waals surface area contributed by atoms with Crippen LogP contribution in [-0.2, 0) is 4.79 Å². The van der Waals surface area contributed by atoms with E-state index < -0.39 is 0 Å². The van der Waals surface area contributed by atoms with Crippen LogP contribution in [0.15, 0.2) is 52.9 Å². The number of benzene rings is 2. The number of hydrogen-bond acceptors (Lipinski definition) is 8. The van der Waals surface area contributed by atoms with Gasteiger partial charge in [0.25, 0.3) is 0 Å². The van der Waals surface area contributed by atoms with Crippen molar-refractivity contribution < 1.29 is 14.3 Å². The molecule has 29 heavy (non-hydrogen) atoms. The lowest BCUT2D eigenvalue weighted by molar-refractivity contribution is -0.115. The lowest BCUT2D eigenvalue weighted by Crippen LogP contribution is -2.12. The number of carbonyl (C=O) groups is 2. The molecule has 2 N–H and O–H groups in total. The highest BCUT2D eigenvalue weighted by Crippen LogP contribution is 2.29. The lowest BCUT2D eigenvalue weighted by Gasteiger charge is -2.05. The molecule has 3 aromatic rings. The van der Waals surface area contributed by atoms with Crippen LogP contribution in [0.3, 0.4) is 0 Å². The number of thioether (sulfide) groups is 1. The highest BCUT2D eigenvalue weighted by atomic mass is 32.2. The van der Waals surface area contributed by atoms with Crippen LogP contribution < -0.4 is 15.4 Å². The Balaban J connectivity index is 1.44. The van der Waals surface area contributed by atoms with Gasteiger partial charge in [-0.05, 0) is 43.3 Å². The van der Waals surface area contributed by atoms with E-state index in [1.54, 1.807) is 31.4 Å². The molecule has 0 saturated carbocycles. The predicted molar refractivity (Wildman–Crippen MR) is 117 cm³/mol. The molecule has 3 rings (SSSR count). The number of ketones is 1. The molecule has 0 saturated heterocycles. The molecular weight excluding hydrogens is 408 g/mol. The summed E-state index contributed by atoms with van der Waals surface area (Å²) >= 11 is 2.91. The first-order chi connectivity index (χ1) is 14.0. The van der Waals surface area contributed by atoms with Gasteiger partial charge < -0.3 is 15.4 Å². The number of amides is 1. The van der Waals surface area contributed by atoms with Crippen LogP contribution >= 0.6 is 23.1 Å². The quantitative estimate of drug-likeness (QED) is 0.380. The van der Waals surface area contributed by atoms with Crippen molar-refractivity contribution >= 4 is 51.3 Å². The molecule has 0 aliphatic carbocycles. The van der Waals surface area contributed by atoms with Gasteiger partial charge in [0.1, 0.15) is 5.75 Å². The number of carbonyl (C=O) groups excluding carboxylic acids is 2. The number of rotatable bonds is 9. The van der Waals surface area contributed by atoms with Crippen molar-refractivity contribution in [2.75, 3.05) is 23.5 Å². The summed E-state index contributed by atoms with van der Waals surface area (Å²) < 4.78 is 5.99. The minimum Gasteiger partial charge on any atom is -0.497 e. The van der Waals surface area contributed by atoms with Crippen LogP contribution in [0.2, 0.25) is 0 Å². The normalized spacial score (nSPS) is 10.4. The molecule has 2 aromatic carbocycles. The average Bonchev–Trinajstić information content (AvgIpc) is 3.15. The molecular formula is C20H20N4O3S2. The summed E-state index contributed by atoms with van der Waals surface area (Å²) in [7, 11) is 1.62. The minimum atomic E-state index is -0.0904. The van der Waals surface area contributed by atoms with E-state index in [-0.39, 0.29) is 11.7 Å². The van der Waals surface area contributed by atoms with Crippen molar-refractivity contribution in [1.82, 2.24) is 10.2 Å². The van der Waals surface area contributed by atoms with Gasteiger partial charge in [-0.25, -0.2) is 0 Å². The number of ether oxygens (including phenoxy) is 1. The smallest absolute Gasteiger partial charge is 0.225 e. The van der Waals surface area contributed by atoms with Crippen molar-refractivity contribution in [3.63, 3.8) is 0 Å². The molecule has 0 unspecified atom stereocenters. The average molecular weight is 429 g/mol. The molecule has 1 aromatic heterocycles. The van der Waals surface area contributed by atoms with E-state index in [1.165, 1.54) is 30.0 Å². The summed E-state index contributed by atoms with van der Waals surface area (Å²) in [6.07, 6.45) is 0.345. The van der Waals surface area contributed by atoms with E-state index in [9.17, 15) is 9.59 Å². The Morgan fingerprint density at radius 1 is 1.10 bits per heavy atom. The molecule has 0 fully saturated rings. The van der Waals surface area contributed by atoms with E-state index >= 15 is 0 Å². The van der Waals surface area contributed by atoms with E-state index in [0.717, 1.165) is 15.8 Å². The first-order valence-corrected chi connectivity index (χ1v) is 10.6. The molecule has 1 amide bonds. The maximum Gasteiger partial charge on any atom is 0.225 e. The van der Waals surface area contributed by atoms with Gasteiger partial charge in [-0.3, -0.25) is 9.59 Å². The maximum atomic E-state index is 12.1. The van der Waals surface area contributed by atoms with Gasteiger partial charge in [-0.1, -0.05) is 29.2 Å². The molecule has 0 aliphatic heterocycles. The van der Waals surface area contributed by atoms with Crippen molar-refractivity contribution in [3.8, 4) is 5.75 Å². The molecule has 0 radical (unpaired) electrons. The Morgan fingerprint density at radius 3 is 2.62 bits per heavy atom. The van der Waals surface area contributed by atoms with E-state index in [0.29, 0.717) is 28.6 Å². The van der Waals surface area contributed by atoms with Gasteiger partial charge >= 0.3 is 0 Å². The van der Waals surface area contributed by atoms with Gasteiger partial charge in [0.05, 0.1) is 7.11 Å². The fourth-order valence-corrected chi connectivity index (χ4v) is 4.17. The second kappa shape index (κ2) is 10.0. The van der Waals surface area contributed by atoms with Crippen molar-refractivity contribution in [2.45, 2.75) is 17.7 Å². The third-order valence-corrected chi connectivity index (χ3v) is 5.83. The van der Waals surface area contributed by atoms with Gasteiger partial charge in [0.2, 0.25) is 11.0 Å². The van der Waals surface area contributed by atoms with Crippen LogP contribution in [0, 0.1) is 0 Å². The van der Waals surface area contributed by atoms with Gasteiger partial charge in [-0.2, -0.15) is 0 Å². The van der Waals surface area contributed by atoms with Gasteiger partial charge in [0, 0.05) is 35.2 Å².